The number of nitrogens with one attached hydrogen (secondary N) is 2. The van der Waals surface area contributed by atoms with Crippen LogP contribution in [-0.2, 0) is 6.42 Å². The maximum atomic E-state index is 12.7. The first kappa shape index (κ1) is 21.0. The first-order valence-corrected chi connectivity index (χ1v) is 11.9. The topological polar surface area (TPSA) is 51.4 Å². The quantitative estimate of drug-likeness (QED) is 0.622. The van der Waals surface area contributed by atoms with Crippen molar-refractivity contribution in [2.75, 3.05) is 26.2 Å². The van der Waals surface area contributed by atoms with Crippen LogP contribution < -0.4 is 5.32 Å². The molecule has 0 bridgehead atoms. The molecule has 5 nitrogen and oxygen atoms in total. The Hall–Kier alpha value is -1.24. The van der Waals surface area contributed by atoms with Crippen molar-refractivity contribution in [3.05, 3.63) is 32.9 Å². The number of likely N-dealkylation sites (tertiary alicyclic amines) is 1. The number of fused-ring (bicyclic) bond motifs is 2. The third-order valence-electron chi connectivity index (χ3n) is 6.57. The number of aromatic amines is 1. The van der Waals surface area contributed by atoms with Crippen LogP contribution in [-0.4, -0.2) is 59.1 Å². The number of piperidine rings is 1. The summed E-state index contributed by atoms with van der Waals surface area (Å²) in [5.74, 6) is 0.369. The van der Waals surface area contributed by atoms with Crippen molar-refractivity contribution in [2.45, 2.75) is 58.0 Å². The first-order valence-electron chi connectivity index (χ1n) is 10.8. The summed E-state index contributed by atoms with van der Waals surface area (Å²) in [4.78, 5) is 20.6. The van der Waals surface area contributed by atoms with Crippen LogP contribution in [0.2, 0.25) is 5.02 Å². The average Bonchev–Trinajstić information content (AvgIpc) is 2.99. The molecule has 29 heavy (non-hydrogen) atoms. The lowest BCUT2D eigenvalue weighted by atomic mass is 9.73. The van der Waals surface area contributed by atoms with Gasteiger partial charge in [-0.05, 0) is 78.8 Å². The molecule has 1 saturated heterocycles. The highest BCUT2D eigenvalue weighted by atomic mass is 79.9. The Kier molecular flexibility index (Phi) is 6.14. The molecular weight excluding hydrogens is 452 g/mol. The van der Waals surface area contributed by atoms with Crippen molar-refractivity contribution < 1.29 is 4.79 Å². The second-order valence-corrected chi connectivity index (χ2v) is 9.49. The largest absolute Gasteiger partial charge is 0.349 e. The summed E-state index contributed by atoms with van der Waals surface area (Å²) in [5, 5.41) is 5.40. The van der Waals surface area contributed by atoms with Gasteiger partial charge in [-0.25, -0.2) is 4.79 Å². The third-order valence-corrected chi connectivity index (χ3v) is 7.47. The molecule has 1 unspecified atom stereocenters. The van der Waals surface area contributed by atoms with E-state index in [-0.39, 0.29) is 12.1 Å². The first-order chi connectivity index (χ1) is 14.0. The van der Waals surface area contributed by atoms with Gasteiger partial charge in [-0.15, -0.1) is 0 Å². The number of halogens is 2. The van der Waals surface area contributed by atoms with Crippen LogP contribution >= 0.6 is 27.5 Å². The van der Waals surface area contributed by atoms with E-state index in [2.05, 4.69) is 44.1 Å². The van der Waals surface area contributed by atoms with E-state index in [9.17, 15) is 4.79 Å². The van der Waals surface area contributed by atoms with E-state index in [0.717, 1.165) is 60.6 Å². The van der Waals surface area contributed by atoms with Crippen LogP contribution in [0.3, 0.4) is 0 Å². The molecule has 3 atom stereocenters. The molecule has 0 radical (unpaired) electrons. The van der Waals surface area contributed by atoms with Crippen molar-refractivity contribution in [1.29, 1.82) is 0 Å². The fourth-order valence-electron chi connectivity index (χ4n) is 5.30. The van der Waals surface area contributed by atoms with Crippen molar-refractivity contribution in [1.82, 2.24) is 20.1 Å². The van der Waals surface area contributed by atoms with Gasteiger partial charge in [0.1, 0.15) is 0 Å². The van der Waals surface area contributed by atoms with Gasteiger partial charge < -0.3 is 15.2 Å². The number of carbonyl (C=O) groups is 1. The number of nitrogens with zero attached hydrogens (tertiary/aromatic N) is 2. The minimum absolute atomic E-state index is 0.0482. The average molecular weight is 482 g/mol. The van der Waals surface area contributed by atoms with Crippen LogP contribution in [0.1, 0.15) is 50.7 Å². The number of H-pyrrole nitrogens is 1. The normalized spacial score (nSPS) is 23.8. The third kappa shape index (κ3) is 3.79. The minimum Gasteiger partial charge on any atom is -0.349 e. The summed E-state index contributed by atoms with van der Waals surface area (Å²) in [5.41, 5.74) is 3.78. The Balaban J connectivity index is 1.69. The highest BCUT2D eigenvalue weighted by Crippen LogP contribution is 2.46. The predicted molar refractivity (Wildman–Crippen MR) is 123 cm³/mol. The van der Waals surface area contributed by atoms with Crippen molar-refractivity contribution in [3.8, 4) is 0 Å². The molecule has 2 heterocycles. The van der Waals surface area contributed by atoms with Crippen LogP contribution in [0.4, 0.5) is 4.79 Å². The van der Waals surface area contributed by atoms with Crippen molar-refractivity contribution in [3.63, 3.8) is 0 Å². The Labute approximate surface area is 186 Å². The number of hydrogen-bond acceptors (Lipinski definition) is 2. The molecule has 2 N–H and O–H groups in total. The number of rotatable bonds is 5. The molecular formula is C22H30BrClN4O. The minimum atomic E-state index is 0.0482. The molecule has 158 valence electrons. The van der Waals surface area contributed by atoms with Crippen LogP contribution in [0.15, 0.2) is 16.7 Å². The van der Waals surface area contributed by atoms with Crippen molar-refractivity contribution >= 4 is 44.5 Å². The fraction of sp³-hybridized carbons (Fsp3) is 0.591. The lowest BCUT2D eigenvalue weighted by molar-refractivity contribution is 0.0979. The molecule has 2 aromatic rings. The lowest BCUT2D eigenvalue weighted by Crippen LogP contribution is -2.57. The molecule has 1 fully saturated rings. The number of carbonyl (C=O) groups excluding carboxylic acids is 1. The van der Waals surface area contributed by atoms with Crippen LogP contribution in [0.25, 0.3) is 10.9 Å². The maximum absolute atomic E-state index is 12.7. The van der Waals surface area contributed by atoms with Gasteiger partial charge in [-0.2, -0.15) is 0 Å². The van der Waals surface area contributed by atoms with Gasteiger partial charge in [0.2, 0.25) is 0 Å². The summed E-state index contributed by atoms with van der Waals surface area (Å²) < 4.78 is 1.07. The molecule has 1 aliphatic heterocycles. The molecule has 0 spiro atoms. The van der Waals surface area contributed by atoms with Crippen molar-refractivity contribution in [2.24, 2.45) is 0 Å². The van der Waals surface area contributed by atoms with Gasteiger partial charge in [0.25, 0.3) is 0 Å². The number of urea groups is 1. The van der Waals surface area contributed by atoms with E-state index in [4.69, 9.17) is 11.6 Å². The highest BCUT2D eigenvalue weighted by Gasteiger charge is 2.42. The smallest absolute Gasteiger partial charge is 0.317 e. The standard InChI is InChI=1S/C22H30BrClN4O/c1-4-7-28-12-14(25-22(29)27(5-2)6-3)10-15-16-8-13(24)9-18-20(16)17(11-19(15)28)21(23)26-18/h8-9,14-15,19,26H,4-7,10-12H2,1-3H3,(H,25,29)/t14-,15?,19+/m0/s1. The molecule has 4 rings (SSSR count). The van der Waals surface area contributed by atoms with E-state index in [1.165, 1.54) is 16.5 Å². The van der Waals surface area contributed by atoms with Crippen LogP contribution in [0.5, 0.6) is 0 Å². The number of amides is 2. The second-order valence-electron chi connectivity index (χ2n) is 8.26. The van der Waals surface area contributed by atoms with Gasteiger partial charge in [-0.1, -0.05) is 18.5 Å². The predicted octanol–water partition coefficient (Wildman–Crippen LogP) is 5.13. The monoisotopic (exact) mass is 480 g/mol. The zero-order valence-electron chi connectivity index (χ0n) is 17.4. The molecule has 2 amide bonds. The van der Waals surface area contributed by atoms with Gasteiger partial charge >= 0.3 is 6.03 Å². The van der Waals surface area contributed by atoms with E-state index in [0.29, 0.717) is 12.0 Å². The van der Waals surface area contributed by atoms with E-state index in [1.54, 1.807) is 0 Å². The SMILES string of the molecule is CCCN1C[C@@H](NC(=O)N(CC)CC)CC2c3cc(Cl)cc4[nH]c(Br)c(c34)C[C@H]21. The molecule has 1 aliphatic carbocycles. The zero-order chi connectivity index (χ0) is 20.7. The van der Waals surface area contributed by atoms with Gasteiger partial charge in [0, 0.05) is 53.6 Å². The molecule has 7 heteroatoms. The highest BCUT2D eigenvalue weighted by molar-refractivity contribution is 9.10. The fourth-order valence-corrected chi connectivity index (χ4v) is 6.10. The number of hydrogen-bond donors (Lipinski definition) is 2. The van der Waals surface area contributed by atoms with Gasteiger partial charge in [0.05, 0.1) is 4.60 Å². The number of aromatic nitrogens is 1. The Morgan fingerprint density at radius 2 is 2.10 bits per heavy atom. The van der Waals surface area contributed by atoms with Crippen LogP contribution in [0, 0.1) is 0 Å². The van der Waals surface area contributed by atoms with Gasteiger partial charge in [-0.3, -0.25) is 4.90 Å². The lowest BCUT2D eigenvalue weighted by Gasteiger charge is -2.47. The van der Waals surface area contributed by atoms with E-state index < -0.39 is 0 Å². The molecule has 0 saturated carbocycles. The molecule has 2 aliphatic rings. The summed E-state index contributed by atoms with van der Waals surface area (Å²) >= 11 is 10.2. The number of benzene rings is 1. The summed E-state index contributed by atoms with van der Waals surface area (Å²) in [7, 11) is 0. The Morgan fingerprint density at radius 1 is 1.34 bits per heavy atom. The summed E-state index contributed by atoms with van der Waals surface area (Å²) in [6.45, 7) is 9.69. The second kappa shape index (κ2) is 8.48. The van der Waals surface area contributed by atoms with E-state index in [1.807, 2.05) is 24.8 Å². The summed E-state index contributed by atoms with van der Waals surface area (Å²) in [6, 6.07) is 4.79. The van der Waals surface area contributed by atoms with E-state index >= 15 is 0 Å². The molecule has 1 aromatic heterocycles. The Morgan fingerprint density at radius 3 is 2.79 bits per heavy atom. The van der Waals surface area contributed by atoms with Gasteiger partial charge in [0.15, 0.2) is 0 Å². The Bertz CT molecular complexity index is 910. The maximum Gasteiger partial charge on any atom is 0.317 e. The summed E-state index contributed by atoms with van der Waals surface area (Å²) in [6.07, 6.45) is 3.08. The molecule has 1 aromatic carbocycles. The zero-order valence-corrected chi connectivity index (χ0v) is 19.7.